The molecule has 20 heavy (non-hydrogen) atoms. The highest BCUT2D eigenvalue weighted by molar-refractivity contribution is 5.83. The molecule has 0 aliphatic heterocycles. The number of benzene rings is 1. The third kappa shape index (κ3) is 5.78. The van der Waals surface area contributed by atoms with E-state index in [4.69, 9.17) is 9.47 Å². The van der Waals surface area contributed by atoms with Crippen LogP contribution in [0.2, 0.25) is 0 Å². The molecule has 0 bridgehead atoms. The van der Waals surface area contributed by atoms with Crippen molar-refractivity contribution in [3.05, 3.63) is 29.8 Å². The van der Waals surface area contributed by atoms with Gasteiger partial charge in [0, 0.05) is 0 Å². The lowest BCUT2D eigenvalue weighted by Gasteiger charge is -2.11. The molecule has 0 aliphatic carbocycles. The second kappa shape index (κ2) is 9.02. The normalized spacial score (nSPS) is 10.7. The van der Waals surface area contributed by atoms with Crippen LogP contribution in [0.25, 0.3) is 6.08 Å². The average molecular weight is 277 g/mol. The highest BCUT2D eigenvalue weighted by Gasteiger charge is 2.04. The van der Waals surface area contributed by atoms with Crippen LogP contribution < -0.4 is 14.6 Å². The number of carbonyl (C=O) groups excluding carboxylic acids is 1. The van der Waals surface area contributed by atoms with E-state index in [0.717, 1.165) is 24.5 Å². The number of methoxy groups -OCH3 is 1. The van der Waals surface area contributed by atoms with Crippen molar-refractivity contribution in [2.24, 2.45) is 0 Å². The van der Waals surface area contributed by atoms with Gasteiger partial charge in [0.1, 0.15) is 0 Å². The summed E-state index contributed by atoms with van der Waals surface area (Å²) < 4.78 is 10.9. The second-order valence-electron chi connectivity index (χ2n) is 4.47. The zero-order chi connectivity index (χ0) is 14.8. The number of rotatable bonds is 9. The Morgan fingerprint density at radius 3 is 2.70 bits per heavy atom. The first kappa shape index (κ1) is 16.1. The molecule has 0 amide bonds. The zero-order valence-electron chi connectivity index (χ0n) is 12.1. The number of carboxylic acids is 1. The van der Waals surface area contributed by atoms with E-state index in [-0.39, 0.29) is 0 Å². The van der Waals surface area contributed by atoms with Crippen LogP contribution in [0.3, 0.4) is 0 Å². The number of hydrogen-bond donors (Lipinski definition) is 0. The number of carbonyl (C=O) groups is 1. The minimum atomic E-state index is -1.22. The molecular weight excluding hydrogens is 256 g/mol. The van der Waals surface area contributed by atoms with Crippen molar-refractivity contribution in [2.45, 2.75) is 32.6 Å². The van der Waals surface area contributed by atoms with Crippen LogP contribution in [0.4, 0.5) is 0 Å². The monoisotopic (exact) mass is 277 g/mol. The van der Waals surface area contributed by atoms with Crippen molar-refractivity contribution in [3.63, 3.8) is 0 Å². The third-order valence-corrected chi connectivity index (χ3v) is 2.86. The summed E-state index contributed by atoms with van der Waals surface area (Å²) in [5.74, 6) is 0.0517. The van der Waals surface area contributed by atoms with Gasteiger partial charge in [0.25, 0.3) is 0 Å². The van der Waals surface area contributed by atoms with Crippen LogP contribution >= 0.6 is 0 Å². The van der Waals surface area contributed by atoms with Crippen LogP contribution in [-0.2, 0) is 4.79 Å². The van der Waals surface area contributed by atoms with Crippen LogP contribution in [0, 0.1) is 0 Å². The van der Waals surface area contributed by atoms with Gasteiger partial charge in [0.05, 0.1) is 19.7 Å². The fourth-order valence-electron chi connectivity index (χ4n) is 1.78. The lowest BCUT2D eigenvalue weighted by Crippen LogP contribution is -2.18. The molecule has 0 atom stereocenters. The summed E-state index contributed by atoms with van der Waals surface area (Å²) in [6.45, 7) is 2.83. The van der Waals surface area contributed by atoms with E-state index in [0.29, 0.717) is 18.1 Å². The first-order valence-electron chi connectivity index (χ1n) is 6.87. The Bertz CT molecular complexity index is 452. The molecule has 0 radical (unpaired) electrons. The van der Waals surface area contributed by atoms with Crippen molar-refractivity contribution >= 4 is 12.0 Å². The highest BCUT2D eigenvalue weighted by Crippen LogP contribution is 2.28. The molecule has 0 aromatic heterocycles. The van der Waals surface area contributed by atoms with Crippen molar-refractivity contribution in [2.75, 3.05) is 13.7 Å². The average Bonchev–Trinajstić information content (AvgIpc) is 2.45. The molecule has 1 aromatic carbocycles. The molecule has 0 spiro atoms. The Morgan fingerprint density at radius 2 is 2.05 bits per heavy atom. The summed E-state index contributed by atoms with van der Waals surface area (Å²) in [4.78, 5) is 10.4. The molecule has 0 aliphatic rings. The van der Waals surface area contributed by atoms with Gasteiger partial charge in [-0.05, 0) is 30.2 Å². The molecule has 4 nitrogen and oxygen atoms in total. The van der Waals surface area contributed by atoms with Gasteiger partial charge in [-0.2, -0.15) is 0 Å². The fraction of sp³-hybridized carbons (Fsp3) is 0.438. The minimum absolute atomic E-state index is 0.598. The number of hydrogen-bond acceptors (Lipinski definition) is 4. The van der Waals surface area contributed by atoms with Crippen LogP contribution in [0.5, 0.6) is 11.5 Å². The van der Waals surface area contributed by atoms with E-state index in [1.807, 2.05) is 0 Å². The molecule has 0 unspecified atom stereocenters. The molecule has 0 N–H and O–H groups in total. The van der Waals surface area contributed by atoms with Gasteiger partial charge in [-0.3, -0.25) is 0 Å². The van der Waals surface area contributed by atoms with Gasteiger partial charge in [-0.25, -0.2) is 0 Å². The standard InChI is InChI=1S/C16H22O4/c1-3-4-5-6-11-20-14-9-7-13(8-10-16(17)18)12-15(14)19-2/h7-10,12H,3-6,11H2,1-2H3,(H,17,18)/p-1/b10-8+. The molecule has 0 saturated heterocycles. The van der Waals surface area contributed by atoms with Gasteiger partial charge in [0.2, 0.25) is 0 Å². The lowest BCUT2D eigenvalue weighted by atomic mass is 10.2. The maximum Gasteiger partial charge on any atom is 0.161 e. The van der Waals surface area contributed by atoms with Crippen LogP contribution in [0.15, 0.2) is 24.3 Å². The Hall–Kier alpha value is -1.97. The predicted molar refractivity (Wildman–Crippen MR) is 76.7 cm³/mol. The summed E-state index contributed by atoms with van der Waals surface area (Å²) in [6.07, 6.45) is 7.04. The van der Waals surface area contributed by atoms with Crippen molar-refractivity contribution in [1.29, 1.82) is 0 Å². The van der Waals surface area contributed by atoms with Crippen molar-refractivity contribution in [3.8, 4) is 11.5 Å². The second-order valence-corrected chi connectivity index (χ2v) is 4.47. The number of carboxylic acid groups (broad SMARTS) is 1. The van der Waals surface area contributed by atoms with Crippen LogP contribution in [0.1, 0.15) is 38.2 Å². The molecule has 0 fully saturated rings. The summed E-state index contributed by atoms with van der Waals surface area (Å²) in [5, 5.41) is 10.4. The molecule has 110 valence electrons. The minimum Gasteiger partial charge on any atom is -0.545 e. The summed E-state index contributed by atoms with van der Waals surface area (Å²) in [5.41, 5.74) is 0.726. The summed E-state index contributed by atoms with van der Waals surface area (Å²) in [6, 6.07) is 5.30. The fourth-order valence-corrected chi connectivity index (χ4v) is 1.78. The Labute approximate surface area is 120 Å². The number of aliphatic carboxylic acids is 1. The summed E-state index contributed by atoms with van der Waals surface area (Å²) >= 11 is 0. The van der Waals surface area contributed by atoms with Gasteiger partial charge in [-0.15, -0.1) is 0 Å². The Morgan fingerprint density at radius 1 is 1.25 bits per heavy atom. The SMILES string of the molecule is CCCCCCOc1ccc(/C=C/C(=O)[O-])cc1OC. The van der Waals surface area contributed by atoms with E-state index < -0.39 is 5.97 Å². The third-order valence-electron chi connectivity index (χ3n) is 2.86. The van der Waals surface area contributed by atoms with E-state index in [1.165, 1.54) is 18.9 Å². The smallest absolute Gasteiger partial charge is 0.161 e. The van der Waals surface area contributed by atoms with Gasteiger partial charge >= 0.3 is 0 Å². The van der Waals surface area contributed by atoms with E-state index >= 15 is 0 Å². The van der Waals surface area contributed by atoms with Crippen molar-refractivity contribution < 1.29 is 19.4 Å². The molecular formula is C16H21O4-. The van der Waals surface area contributed by atoms with Gasteiger partial charge in [0.15, 0.2) is 11.5 Å². The molecule has 1 rings (SSSR count). The Kier molecular flexibility index (Phi) is 7.25. The van der Waals surface area contributed by atoms with E-state index in [9.17, 15) is 9.90 Å². The highest BCUT2D eigenvalue weighted by atomic mass is 16.5. The molecule has 0 saturated carbocycles. The van der Waals surface area contributed by atoms with Gasteiger partial charge in [-0.1, -0.05) is 38.3 Å². The topological polar surface area (TPSA) is 58.6 Å². The number of unbranched alkanes of at least 4 members (excludes halogenated alkanes) is 3. The molecule has 4 heteroatoms. The molecule has 0 heterocycles. The molecule has 1 aromatic rings. The van der Waals surface area contributed by atoms with E-state index in [1.54, 1.807) is 25.3 Å². The Balaban J connectivity index is 2.61. The maximum atomic E-state index is 10.4. The largest absolute Gasteiger partial charge is 0.545 e. The predicted octanol–water partition coefficient (Wildman–Crippen LogP) is 2.42. The van der Waals surface area contributed by atoms with Crippen LogP contribution in [-0.4, -0.2) is 19.7 Å². The van der Waals surface area contributed by atoms with Crippen molar-refractivity contribution in [1.82, 2.24) is 0 Å². The first-order chi connectivity index (χ1) is 9.67. The van der Waals surface area contributed by atoms with E-state index in [2.05, 4.69) is 6.92 Å². The first-order valence-corrected chi connectivity index (χ1v) is 6.87. The maximum absolute atomic E-state index is 10.4. The number of ether oxygens (including phenoxy) is 2. The summed E-state index contributed by atoms with van der Waals surface area (Å²) in [7, 11) is 1.56. The zero-order valence-corrected chi connectivity index (χ0v) is 12.1. The quantitative estimate of drug-likeness (QED) is 0.514. The lowest BCUT2D eigenvalue weighted by molar-refractivity contribution is -0.297. The van der Waals surface area contributed by atoms with Gasteiger partial charge < -0.3 is 19.4 Å².